The number of carbonyl (C=O) groups excluding carboxylic acids is 2. The summed E-state index contributed by atoms with van der Waals surface area (Å²) in [6.07, 6.45) is -2.09. The number of hydrazone groups is 1. The van der Waals surface area contributed by atoms with Crippen LogP contribution in [0.15, 0.2) is 96.1 Å². The molecule has 0 amide bonds. The lowest BCUT2D eigenvalue weighted by atomic mass is 9.98. The molecule has 0 aliphatic rings. The van der Waals surface area contributed by atoms with Crippen LogP contribution in [-0.4, -0.2) is 68.9 Å². The Hall–Kier alpha value is -7.48. The van der Waals surface area contributed by atoms with Gasteiger partial charge in [-0.05, 0) is 60.4 Å². The molecule has 4 N–H and O–H groups in total. The maximum atomic E-state index is 13.1. The van der Waals surface area contributed by atoms with Gasteiger partial charge in [0.25, 0.3) is 16.2 Å². The number of hydrogen-bond acceptors (Lipinski definition) is 16. The summed E-state index contributed by atoms with van der Waals surface area (Å²) in [5, 5.41) is 24.1. The average Bonchev–Trinajstić information content (AvgIpc) is 3.53. The molecule has 0 spiro atoms. The largest absolute Gasteiger partial charge is 0.515 e. The van der Waals surface area contributed by atoms with Gasteiger partial charge < -0.3 is 34.4 Å². The molecule has 0 saturated heterocycles. The summed E-state index contributed by atoms with van der Waals surface area (Å²) in [5.74, 6) is 5.56. The molecule has 5 aromatic rings. The first kappa shape index (κ1) is 40.7. The smallest absolute Gasteiger partial charge is 0.465 e. The highest BCUT2D eigenvalue weighted by Gasteiger charge is 2.21. The standard InChI is InChI=1S/C37H38N8O12/c1-3-52-36-40-32-14-7-13-31(35(46)53-19-8-20-54-44(48)49)33(32)42(36)22-25-15-17-27(18-16-25)29-11-4-5-12-30(29)34(38)41-43(39)24(2)56-37(47)57-28-10-6-9-26(21-28)23-55-45(50)51/h4-7,9-18,21,24H,3,8,19-20,22-23,39H2,1-2H3,(H2,38,41). The molecule has 1 atom stereocenters. The van der Waals surface area contributed by atoms with Crippen molar-refractivity contribution in [3.63, 3.8) is 0 Å². The molecule has 1 unspecified atom stereocenters. The second-order valence-corrected chi connectivity index (χ2v) is 12.0. The summed E-state index contributed by atoms with van der Waals surface area (Å²) >= 11 is 0. The van der Waals surface area contributed by atoms with Gasteiger partial charge in [-0.1, -0.05) is 66.7 Å². The number of aromatic nitrogens is 2. The van der Waals surface area contributed by atoms with E-state index in [1.165, 1.54) is 25.1 Å². The van der Waals surface area contributed by atoms with Gasteiger partial charge in [-0.3, -0.25) is 4.57 Å². The van der Waals surface area contributed by atoms with Gasteiger partial charge in [0.15, 0.2) is 5.84 Å². The van der Waals surface area contributed by atoms with Crippen LogP contribution in [0.5, 0.6) is 11.8 Å². The van der Waals surface area contributed by atoms with E-state index in [4.69, 9.17) is 30.5 Å². The lowest BCUT2D eigenvalue weighted by Crippen LogP contribution is -2.40. The number of nitrogens with zero attached hydrogens (tertiary/aromatic N) is 6. The summed E-state index contributed by atoms with van der Waals surface area (Å²) in [5.41, 5.74) is 11.0. The predicted molar refractivity (Wildman–Crippen MR) is 201 cm³/mol. The SMILES string of the molecule is CCOc1nc2cccc(C(=O)OCCCO[N+](=O)[O-])c2n1Cc1ccc(-c2ccccc2/C(N)=N/N(N)C(C)OC(=O)Oc2cccc(CO[N+](=O)[O-])c2)cc1. The highest BCUT2D eigenvalue weighted by atomic mass is 17.0. The Morgan fingerprint density at radius 2 is 1.63 bits per heavy atom. The Morgan fingerprint density at radius 1 is 0.912 bits per heavy atom. The van der Waals surface area contributed by atoms with Crippen LogP contribution >= 0.6 is 0 Å². The van der Waals surface area contributed by atoms with Crippen LogP contribution in [0.1, 0.15) is 47.3 Å². The number of imidazole rings is 1. The summed E-state index contributed by atoms with van der Waals surface area (Å²) in [6.45, 7) is 3.26. The van der Waals surface area contributed by atoms with Crippen molar-refractivity contribution in [1.29, 1.82) is 0 Å². The van der Waals surface area contributed by atoms with Crippen molar-refractivity contribution >= 4 is 29.0 Å². The molecule has 1 aromatic heterocycles. The zero-order valence-electron chi connectivity index (χ0n) is 30.7. The van der Waals surface area contributed by atoms with Crippen molar-refractivity contribution < 1.29 is 48.4 Å². The Kier molecular flexibility index (Phi) is 13.7. The second-order valence-electron chi connectivity index (χ2n) is 12.0. The lowest BCUT2D eigenvalue weighted by molar-refractivity contribution is -0.763. The minimum atomic E-state index is -1.12. The van der Waals surface area contributed by atoms with Gasteiger partial charge in [-0.15, -0.1) is 25.3 Å². The fourth-order valence-corrected chi connectivity index (χ4v) is 5.49. The number of amidine groups is 1. The van der Waals surface area contributed by atoms with Crippen LogP contribution < -0.4 is 21.1 Å². The fourth-order valence-electron chi connectivity index (χ4n) is 5.49. The second kappa shape index (κ2) is 19.2. The van der Waals surface area contributed by atoms with E-state index < -0.39 is 28.5 Å². The number of rotatable bonds is 19. The molecule has 20 heteroatoms. The van der Waals surface area contributed by atoms with Crippen LogP contribution in [0, 0.1) is 20.2 Å². The third-order valence-corrected chi connectivity index (χ3v) is 8.05. The molecule has 0 saturated carbocycles. The van der Waals surface area contributed by atoms with Crippen molar-refractivity contribution in [2.24, 2.45) is 16.7 Å². The minimum absolute atomic E-state index is 0.0236. The van der Waals surface area contributed by atoms with Gasteiger partial charge in [0.05, 0.1) is 43.0 Å². The van der Waals surface area contributed by atoms with Gasteiger partial charge in [0.2, 0.25) is 6.23 Å². The van der Waals surface area contributed by atoms with Crippen LogP contribution in [0.3, 0.4) is 0 Å². The number of hydrazine groups is 1. The number of esters is 1. The van der Waals surface area contributed by atoms with E-state index in [-0.39, 0.29) is 49.9 Å². The van der Waals surface area contributed by atoms with Crippen LogP contribution in [-0.2, 0) is 32.3 Å². The Balaban J connectivity index is 1.28. The van der Waals surface area contributed by atoms with Crippen LogP contribution in [0.25, 0.3) is 22.2 Å². The number of carbonyl (C=O) groups is 2. The Labute approximate surface area is 324 Å². The number of ether oxygens (including phenoxy) is 4. The molecule has 4 aromatic carbocycles. The summed E-state index contributed by atoms with van der Waals surface area (Å²) in [4.78, 5) is 59.7. The number of fused-ring (bicyclic) bond motifs is 1. The lowest BCUT2D eigenvalue weighted by Gasteiger charge is -2.21. The van der Waals surface area contributed by atoms with E-state index in [2.05, 4.69) is 19.8 Å². The number of nitrogens with two attached hydrogens (primary N) is 2. The maximum Gasteiger partial charge on any atom is 0.515 e. The normalized spacial score (nSPS) is 11.7. The molecule has 20 nitrogen and oxygen atoms in total. The zero-order chi connectivity index (χ0) is 40.9. The topological polar surface area (TPSA) is 261 Å². The van der Waals surface area contributed by atoms with Crippen LogP contribution in [0.2, 0.25) is 0 Å². The van der Waals surface area contributed by atoms with Crippen molar-refractivity contribution in [2.75, 3.05) is 19.8 Å². The molecule has 0 fully saturated rings. The van der Waals surface area contributed by atoms with Gasteiger partial charge in [-0.25, -0.2) is 15.4 Å². The number of para-hydroxylation sites is 1. The minimum Gasteiger partial charge on any atom is -0.465 e. The van der Waals surface area contributed by atoms with Gasteiger partial charge in [-0.2, -0.15) is 10.1 Å². The average molecular weight is 787 g/mol. The predicted octanol–water partition coefficient (Wildman–Crippen LogP) is 4.97. The molecule has 0 bridgehead atoms. The highest BCUT2D eigenvalue weighted by Crippen LogP contribution is 2.29. The van der Waals surface area contributed by atoms with Crippen molar-refractivity contribution in [3.8, 4) is 22.9 Å². The van der Waals surface area contributed by atoms with Crippen molar-refractivity contribution in [3.05, 3.63) is 133 Å². The molecule has 1 heterocycles. The summed E-state index contributed by atoms with van der Waals surface area (Å²) in [7, 11) is 0. The molecular formula is C37H38N8O12. The first-order valence-electron chi connectivity index (χ1n) is 17.3. The third kappa shape index (κ3) is 11.0. The summed E-state index contributed by atoms with van der Waals surface area (Å²) in [6, 6.07) is 26.1. The van der Waals surface area contributed by atoms with E-state index in [0.717, 1.165) is 21.8 Å². The fraction of sp³-hybridized carbons (Fsp3) is 0.243. The first-order chi connectivity index (χ1) is 27.4. The van der Waals surface area contributed by atoms with Gasteiger partial charge in [0.1, 0.15) is 12.4 Å². The van der Waals surface area contributed by atoms with E-state index in [9.17, 15) is 29.8 Å². The molecule has 0 aliphatic heterocycles. The monoisotopic (exact) mass is 786 g/mol. The van der Waals surface area contributed by atoms with E-state index >= 15 is 0 Å². The first-order valence-corrected chi connectivity index (χ1v) is 17.3. The third-order valence-electron chi connectivity index (χ3n) is 8.05. The summed E-state index contributed by atoms with van der Waals surface area (Å²) < 4.78 is 23.4. The van der Waals surface area contributed by atoms with E-state index in [0.29, 0.717) is 34.8 Å². The molecule has 0 radical (unpaired) electrons. The number of hydrogen-bond donors (Lipinski definition) is 2. The Morgan fingerprint density at radius 3 is 2.37 bits per heavy atom. The molecule has 0 aliphatic carbocycles. The molecular weight excluding hydrogens is 748 g/mol. The quantitative estimate of drug-likeness (QED) is 0.0129. The molecule has 5 rings (SSSR count). The number of benzene rings is 4. The van der Waals surface area contributed by atoms with Crippen molar-refractivity contribution in [2.45, 2.75) is 39.6 Å². The molecule has 57 heavy (non-hydrogen) atoms. The van der Waals surface area contributed by atoms with E-state index in [1.807, 2.05) is 43.3 Å². The van der Waals surface area contributed by atoms with Gasteiger partial charge in [0, 0.05) is 12.0 Å². The molecule has 298 valence electrons. The van der Waals surface area contributed by atoms with Crippen molar-refractivity contribution in [1.82, 2.24) is 14.7 Å². The Bertz CT molecular complexity index is 2250. The van der Waals surface area contributed by atoms with E-state index in [1.54, 1.807) is 41.0 Å². The van der Waals surface area contributed by atoms with Gasteiger partial charge >= 0.3 is 12.1 Å². The highest BCUT2D eigenvalue weighted by molar-refractivity contribution is 6.03. The zero-order valence-corrected chi connectivity index (χ0v) is 30.7. The van der Waals surface area contributed by atoms with Crippen LogP contribution in [0.4, 0.5) is 4.79 Å². The maximum absolute atomic E-state index is 13.1.